The molecule has 0 saturated heterocycles. The van der Waals surface area contributed by atoms with E-state index in [9.17, 15) is 14.7 Å². The first-order valence-electron chi connectivity index (χ1n) is 8.13. The van der Waals surface area contributed by atoms with E-state index in [1.54, 1.807) is 0 Å². The lowest BCUT2D eigenvalue weighted by Gasteiger charge is -2.33. The average Bonchev–Trinajstić information content (AvgIpc) is 3.32. The lowest BCUT2D eigenvalue weighted by Crippen LogP contribution is -2.46. The highest BCUT2D eigenvalue weighted by atomic mass is 16.4. The van der Waals surface area contributed by atoms with Gasteiger partial charge in [0.25, 0.3) is 0 Å². The number of carbonyl (C=O) groups is 2. The third kappa shape index (κ3) is 2.84. The Morgan fingerprint density at radius 1 is 1.05 bits per heavy atom. The van der Waals surface area contributed by atoms with Crippen LogP contribution in [0.4, 0.5) is 0 Å². The minimum absolute atomic E-state index is 0.126. The van der Waals surface area contributed by atoms with Gasteiger partial charge in [0.05, 0.1) is 5.41 Å². The largest absolute Gasteiger partial charge is 0.481 e. The van der Waals surface area contributed by atoms with Gasteiger partial charge in [-0.1, -0.05) is 19.3 Å². The predicted molar refractivity (Wildman–Crippen MR) is 75.1 cm³/mol. The van der Waals surface area contributed by atoms with Crippen LogP contribution in [0, 0.1) is 23.2 Å². The quantitative estimate of drug-likeness (QED) is 0.785. The Hall–Kier alpha value is -1.06. The van der Waals surface area contributed by atoms with Gasteiger partial charge in [-0.25, -0.2) is 0 Å². The van der Waals surface area contributed by atoms with Crippen LogP contribution in [-0.4, -0.2) is 23.5 Å². The fraction of sp³-hybridized carbons (Fsp3) is 0.875. The van der Waals surface area contributed by atoms with Crippen LogP contribution in [0.1, 0.15) is 57.8 Å². The van der Waals surface area contributed by atoms with Crippen LogP contribution in [-0.2, 0) is 9.59 Å². The molecular weight excluding hydrogens is 254 g/mol. The van der Waals surface area contributed by atoms with Crippen molar-refractivity contribution < 1.29 is 14.7 Å². The van der Waals surface area contributed by atoms with E-state index in [2.05, 4.69) is 5.32 Å². The maximum absolute atomic E-state index is 12.4. The summed E-state index contributed by atoms with van der Waals surface area (Å²) >= 11 is 0. The number of rotatable bonds is 6. The Bertz CT molecular complexity index is 381. The van der Waals surface area contributed by atoms with Crippen LogP contribution < -0.4 is 5.32 Å². The Kier molecular flexibility index (Phi) is 3.74. The topological polar surface area (TPSA) is 66.4 Å². The average molecular weight is 279 g/mol. The number of carbonyl (C=O) groups excluding carboxylic acids is 1. The lowest BCUT2D eigenvalue weighted by molar-refractivity contribution is -0.151. The molecule has 3 aliphatic rings. The van der Waals surface area contributed by atoms with Crippen LogP contribution >= 0.6 is 0 Å². The van der Waals surface area contributed by atoms with E-state index in [1.165, 1.54) is 25.7 Å². The van der Waals surface area contributed by atoms with Gasteiger partial charge < -0.3 is 10.4 Å². The molecule has 112 valence electrons. The Balaban J connectivity index is 1.58. The monoisotopic (exact) mass is 279 g/mol. The van der Waals surface area contributed by atoms with Crippen molar-refractivity contribution in [3.63, 3.8) is 0 Å². The number of carboxylic acid groups (broad SMARTS) is 1. The molecule has 4 heteroatoms. The highest BCUT2D eigenvalue weighted by Gasteiger charge is 2.46. The van der Waals surface area contributed by atoms with E-state index < -0.39 is 11.4 Å². The first-order valence-corrected chi connectivity index (χ1v) is 8.13. The number of amides is 1. The molecule has 0 spiro atoms. The van der Waals surface area contributed by atoms with Crippen LogP contribution in [0.3, 0.4) is 0 Å². The summed E-state index contributed by atoms with van der Waals surface area (Å²) in [6.45, 7) is 0.330. The van der Waals surface area contributed by atoms with Crippen LogP contribution in [0.25, 0.3) is 0 Å². The standard InChI is InChI=1S/C16H25NO3/c18-14(13(11-4-5-11)12-6-7-12)17-10-16(15(19)20)8-2-1-3-9-16/h11-13H,1-10H2,(H,17,18)(H,19,20). The second-order valence-electron chi connectivity index (χ2n) is 7.06. The van der Waals surface area contributed by atoms with Gasteiger partial charge in [-0.05, 0) is 50.4 Å². The number of aliphatic carboxylic acids is 1. The van der Waals surface area contributed by atoms with Crippen molar-refractivity contribution in [2.45, 2.75) is 57.8 Å². The molecule has 3 fully saturated rings. The fourth-order valence-corrected chi connectivity index (χ4v) is 3.79. The van der Waals surface area contributed by atoms with Crippen LogP contribution in [0.15, 0.2) is 0 Å². The second kappa shape index (κ2) is 5.38. The SMILES string of the molecule is O=C(NCC1(C(=O)O)CCCCC1)C(C1CC1)C1CC1. The van der Waals surface area contributed by atoms with Crippen LogP contribution in [0.5, 0.6) is 0 Å². The normalized spacial score (nSPS) is 25.4. The van der Waals surface area contributed by atoms with E-state index in [1.807, 2.05) is 0 Å². The zero-order chi connectivity index (χ0) is 14.2. The van der Waals surface area contributed by atoms with Crippen LogP contribution in [0.2, 0.25) is 0 Å². The van der Waals surface area contributed by atoms with Crippen molar-refractivity contribution in [1.29, 1.82) is 0 Å². The first kappa shape index (κ1) is 13.9. The highest BCUT2D eigenvalue weighted by molar-refractivity contribution is 5.81. The zero-order valence-electron chi connectivity index (χ0n) is 12.1. The number of hydrogen-bond donors (Lipinski definition) is 2. The summed E-state index contributed by atoms with van der Waals surface area (Å²) in [7, 11) is 0. The van der Waals surface area contributed by atoms with Gasteiger partial charge in [0, 0.05) is 12.5 Å². The molecule has 0 aromatic carbocycles. The lowest BCUT2D eigenvalue weighted by atomic mass is 9.74. The summed E-state index contributed by atoms with van der Waals surface area (Å²) in [6, 6.07) is 0. The smallest absolute Gasteiger partial charge is 0.311 e. The number of hydrogen-bond acceptors (Lipinski definition) is 2. The van der Waals surface area contributed by atoms with Crippen molar-refractivity contribution in [3.8, 4) is 0 Å². The summed E-state index contributed by atoms with van der Waals surface area (Å²) < 4.78 is 0. The van der Waals surface area contributed by atoms with Gasteiger partial charge >= 0.3 is 5.97 Å². The third-order valence-corrected chi connectivity index (χ3v) is 5.43. The van der Waals surface area contributed by atoms with Gasteiger partial charge in [0.15, 0.2) is 0 Å². The predicted octanol–water partition coefficient (Wildman–Crippen LogP) is 2.57. The molecule has 0 radical (unpaired) electrons. The van der Waals surface area contributed by atoms with Gasteiger partial charge in [0.2, 0.25) is 5.91 Å². The maximum atomic E-state index is 12.4. The molecule has 4 nitrogen and oxygen atoms in total. The van der Waals surface area contributed by atoms with Crippen molar-refractivity contribution in [1.82, 2.24) is 5.32 Å². The summed E-state index contributed by atoms with van der Waals surface area (Å²) in [5.41, 5.74) is -0.703. The molecule has 2 N–H and O–H groups in total. The minimum Gasteiger partial charge on any atom is -0.481 e. The maximum Gasteiger partial charge on any atom is 0.311 e. The Labute approximate surface area is 120 Å². The van der Waals surface area contributed by atoms with E-state index in [4.69, 9.17) is 0 Å². The van der Waals surface area contributed by atoms with E-state index in [-0.39, 0.29) is 11.8 Å². The first-order chi connectivity index (χ1) is 9.62. The second-order valence-corrected chi connectivity index (χ2v) is 7.06. The number of carboxylic acids is 1. The zero-order valence-corrected chi connectivity index (χ0v) is 12.1. The van der Waals surface area contributed by atoms with Crippen molar-refractivity contribution in [2.75, 3.05) is 6.54 Å². The van der Waals surface area contributed by atoms with E-state index in [0.29, 0.717) is 31.2 Å². The molecule has 0 aromatic rings. The summed E-state index contributed by atoms with van der Waals surface area (Å²) in [5, 5.41) is 12.5. The van der Waals surface area contributed by atoms with E-state index >= 15 is 0 Å². The minimum atomic E-state index is -0.730. The molecule has 0 unspecified atom stereocenters. The molecule has 0 atom stereocenters. The molecule has 0 aromatic heterocycles. The fourth-order valence-electron chi connectivity index (χ4n) is 3.79. The van der Waals surface area contributed by atoms with Gasteiger partial charge in [-0.3, -0.25) is 9.59 Å². The van der Waals surface area contributed by atoms with Crippen molar-refractivity contribution in [3.05, 3.63) is 0 Å². The van der Waals surface area contributed by atoms with Crippen molar-refractivity contribution in [2.24, 2.45) is 23.2 Å². The molecule has 3 saturated carbocycles. The molecule has 20 heavy (non-hydrogen) atoms. The van der Waals surface area contributed by atoms with Gasteiger partial charge in [-0.2, -0.15) is 0 Å². The molecular formula is C16H25NO3. The summed E-state index contributed by atoms with van der Waals surface area (Å²) in [4.78, 5) is 24.0. The van der Waals surface area contributed by atoms with E-state index in [0.717, 1.165) is 19.3 Å². The molecule has 3 aliphatic carbocycles. The molecule has 3 rings (SSSR count). The Morgan fingerprint density at radius 3 is 2.05 bits per heavy atom. The molecule has 0 aliphatic heterocycles. The summed E-state index contributed by atoms with van der Waals surface area (Å²) in [6.07, 6.45) is 9.19. The number of nitrogens with one attached hydrogen (secondary N) is 1. The summed E-state index contributed by atoms with van der Waals surface area (Å²) in [5.74, 6) is 0.724. The van der Waals surface area contributed by atoms with Gasteiger partial charge in [-0.15, -0.1) is 0 Å². The molecule has 0 bridgehead atoms. The molecule has 1 amide bonds. The third-order valence-electron chi connectivity index (χ3n) is 5.43. The van der Waals surface area contributed by atoms with Gasteiger partial charge in [0.1, 0.15) is 0 Å². The van der Waals surface area contributed by atoms with Crippen molar-refractivity contribution >= 4 is 11.9 Å². The molecule has 0 heterocycles. The Morgan fingerprint density at radius 2 is 1.60 bits per heavy atom. The highest BCUT2D eigenvalue weighted by Crippen LogP contribution is 2.49.